The third-order valence-electron chi connectivity index (χ3n) is 8.25. The molecule has 0 aliphatic heterocycles. The molecule has 0 atom stereocenters. The van der Waals surface area contributed by atoms with E-state index >= 15 is 0 Å². The van der Waals surface area contributed by atoms with Crippen LogP contribution < -0.4 is 0 Å². The molecule has 38 heavy (non-hydrogen) atoms. The predicted molar refractivity (Wildman–Crippen MR) is 178 cm³/mol. The summed E-state index contributed by atoms with van der Waals surface area (Å²) in [6, 6.07) is 0. The molecule has 0 aromatic rings. The van der Waals surface area contributed by atoms with Crippen LogP contribution in [0.15, 0.2) is 0 Å². The summed E-state index contributed by atoms with van der Waals surface area (Å²) in [6.45, 7) is 5.41. The van der Waals surface area contributed by atoms with Crippen molar-refractivity contribution in [2.75, 3.05) is 6.61 Å². The van der Waals surface area contributed by atoms with Crippen molar-refractivity contribution >= 4 is 17.3 Å². The lowest BCUT2D eigenvalue weighted by molar-refractivity contribution is 0.290. The second-order valence-electron chi connectivity index (χ2n) is 12.2. The third-order valence-corrected chi connectivity index (χ3v) is 8.57. The van der Waals surface area contributed by atoms with E-state index in [0.717, 1.165) is 18.1 Å². The molecule has 1 nitrogen and oxygen atoms in total. The van der Waals surface area contributed by atoms with Gasteiger partial charge in [0.1, 0.15) is 0 Å². The Morgan fingerprint density at radius 2 is 0.579 bits per heavy atom. The van der Waals surface area contributed by atoms with E-state index in [9.17, 15) is 0 Å². The van der Waals surface area contributed by atoms with E-state index in [0.29, 0.717) is 0 Å². The SMILES string of the molecule is CCCCCCCCCCCCCCCCCCCCCCCCCCCCOC(=S)CCCCCCC. The fourth-order valence-electron chi connectivity index (χ4n) is 5.55. The van der Waals surface area contributed by atoms with Crippen LogP contribution in [0.2, 0.25) is 0 Å². The maximum Gasteiger partial charge on any atom is 0.159 e. The molecule has 0 fully saturated rings. The summed E-state index contributed by atoms with van der Waals surface area (Å²) in [6.07, 6.45) is 45.0. The molecule has 0 rings (SSSR count). The molecule has 0 bridgehead atoms. The van der Waals surface area contributed by atoms with E-state index in [-0.39, 0.29) is 0 Å². The van der Waals surface area contributed by atoms with Crippen LogP contribution in [-0.4, -0.2) is 11.7 Å². The molecular weight excluding hydrogens is 480 g/mol. The molecule has 0 aliphatic rings. The second kappa shape index (κ2) is 34.9. The number of thiocarbonyl (C=S) groups is 1. The van der Waals surface area contributed by atoms with Gasteiger partial charge < -0.3 is 4.74 Å². The first-order valence-corrected chi connectivity index (χ1v) is 18.4. The second-order valence-corrected chi connectivity index (χ2v) is 12.7. The highest BCUT2D eigenvalue weighted by Gasteiger charge is 1.99. The Balaban J connectivity index is 3.08. The molecule has 0 aliphatic carbocycles. The Labute approximate surface area is 247 Å². The highest BCUT2D eigenvalue weighted by molar-refractivity contribution is 7.80. The molecule has 228 valence electrons. The fraction of sp³-hybridized carbons (Fsp3) is 0.972. The molecule has 0 amide bonds. The minimum Gasteiger partial charge on any atom is -0.487 e. The fourth-order valence-corrected chi connectivity index (χ4v) is 5.78. The summed E-state index contributed by atoms with van der Waals surface area (Å²) >= 11 is 5.35. The normalized spacial score (nSPS) is 11.3. The van der Waals surface area contributed by atoms with Gasteiger partial charge in [-0.25, -0.2) is 0 Å². The van der Waals surface area contributed by atoms with Crippen LogP contribution in [0.25, 0.3) is 0 Å². The average Bonchev–Trinajstić information content (AvgIpc) is 2.92. The molecule has 0 aromatic carbocycles. The Morgan fingerprint density at radius 1 is 0.342 bits per heavy atom. The van der Waals surface area contributed by atoms with E-state index in [1.54, 1.807) is 0 Å². The summed E-state index contributed by atoms with van der Waals surface area (Å²) in [7, 11) is 0. The van der Waals surface area contributed by atoms with Crippen molar-refractivity contribution in [2.24, 2.45) is 0 Å². The maximum atomic E-state index is 5.73. The molecular formula is C36H72OS. The summed E-state index contributed by atoms with van der Waals surface area (Å²) in [5.74, 6) is 0. The van der Waals surface area contributed by atoms with Gasteiger partial charge in [-0.3, -0.25) is 0 Å². The van der Waals surface area contributed by atoms with Crippen molar-refractivity contribution in [3.05, 3.63) is 0 Å². The summed E-state index contributed by atoms with van der Waals surface area (Å²) < 4.78 is 5.73. The lowest BCUT2D eigenvalue weighted by atomic mass is 10.0. The van der Waals surface area contributed by atoms with E-state index in [2.05, 4.69) is 13.8 Å². The molecule has 0 saturated heterocycles. The Bertz CT molecular complexity index is 435. The van der Waals surface area contributed by atoms with Crippen LogP contribution in [0, 0.1) is 0 Å². The van der Waals surface area contributed by atoms with Gasteiger partial charge in [0.2, 0.25) is 0 Å². The van der Waals surface area contributed by atoms with Crippen molar-refractivity contribution in [1.82, 2.24) is 0 Å². The number of rotatable bonds is 33. The highest BCUT2D eigenvalue weighted by Crippen LogP contribution is 2.16. The highest BCUT2D eigenvalue weighted by atomic mass is 32.1. The summed E-state index contributed by atoms with van der Waals surface area (Å²) in [5.41, 5.74) is 0. The maximum absolute atomic E-state index is 5.73. The first kappa shape index (κ1) is 37.9. The van der Waals surface area contributed by atoms with Gasteiger partial charge in [-0.15, -0.1) is 0 Å². The number of hydrogen-bond acceptors (Lipinski definition) is 2. The zero-order valence-electron chi connectivity index (χ0n) is 26.7. The van der Waals surface area contributed by atoms with Crippen molar-refractivity contribution in [1.29, 1.82) is 0 Å². The van der Waals surface area contributed by atoms with E-state index < -0.39 is 0 Å². The number of hydrogen-bond donors (Lipinski definition) is 0. The molecule has 0 spiro atoms. The average molecular weight is 553 g/mol. The first-order valence-electron chi connectivity index (χ1n) is 18.0. The standard InChI is InChI=1S/C36H72OS/c1-3-5-7-9-10-11-12-13-14-15-16-17-18-19-20-21-22-23-24-25-26-27-28-29-31-33-35-37-36(38)34-32-30-8-6-4-2/h3-35H2,1-2H3. The topological polar surface area (TPSA) is 9.23 Å². The number of ether oxygens (including phenoxy) is 1. The Hall–Kier alpha value is -0.110. The van der Waals surface area contributed by atoms with Crippen LogP contribution >= 0.6 is 12.2 Å². The van der Waals surface area contributed by atoms with E-state index in [1.807, 2.05) is 0 Å². The van der Waals surface area contributed by atoms with Crippen LogP contribution in [-0.2, 0) is 4.74 Å². The zero-order valence-corrected chi connectivity index (χ0v) is 27.5. The Kier molecular flexibility index (Phi) is 34.8. The van der Waals surface area contributed by atoms with Gasteiger partial charge in [0.05, 0.1) is 6.61 Å². The molecule has 0 unspecified atom stereocenters. The van der Waals surface area contributed by atoms with Crippen molar-refractivity contribution < 1.29 is 4.74 Å². The van der Waals surface area contributed by atoms with Crippen LogP contribution in [0.5, 0.6) is 0 Å². The largest absolute Gasteiger partial charge is 0.487 e. The van der Waals surface area contributed by atoms with E-state index in [1.165, 1.54) is 199 Å². The lowest BCUT2D eigenvalue weighted by Gasteiger charge is -2.07. The van der Waals surface area contributed by atoms with Crippen LogP contribution in [0.3, 0.4) is 0 Å². The smallest absolute Gasteiger partial charge is 0.159 e. The molecule has 0 N–H and O–H groups in total. The van der Waals surface area contributed by atoms with Gasteiger partial charge in [0.25, 0.3) is 0 Å². The predicted octanol–water partition coefficient (Wildman–Crippen LogP) is 13.9. The Morgan fingerprint density at radius 3 is 0.868 bits per heavy atom. The molecule has 2 heteroatoms. The van der Waals surface area contributed by atoms with Crippen molar-refractivity contribution in [3.8, 4) is 0 Å². The van der Waals surface area contributed by atoms with Crippen molar-refractivity contribution in [2.45, 2.75) is 219 Å². The van der Waals surface area contributed by atoms with Crippen molar-refractivity contribution in [3.63, 3.8) is 0 Å². The summed E-state index contributed by atoms with van der Waals surface area (Å²) in [4.78, 5) is 0. The first-order chi connectivity index (χ1) is 18.8. The lowest BCUT2D eigenvalue weighted by Crippen LogP contribution is -2.03. The van der Waals surface area contributed by atoms with E-state index in [4.69, 9.17) is 17.0 Å². The molecule has 0 radical (unpaired) electrons. The molecule has 0 heterocycles. The van der Waals surface area contributed by atoms with Gasteiger partial charge in [-0.2, -0.15) is 0 Å². The van der Waals surface area contributed by atoms with Gasteiger partial charge in [0, 0.05) is 6.42 Å². The molecule has 0 aromatic heterocycles. The molecule has 0 saturated carbocycles. The minimum absolute atomic E-state index is 0.840. The zero-order chi connectivity index (χ0) is 27.6. The van der Waals surface area contributed by atoms with Gasteiger partial charge >= 0.3 is 0 Å². The quantitative estimate of drug-likeness (QED) is 0.0591. The number of unbranched alkanes of at least 4 members (excludes halogenated alkanes) is 29. The van der Waals surface area contributed by atoms with Crippen LogP contribution in [0.4, 0.5) is 0 Å². The third kappa shape index (κ3) is 33.9. The monoisotopic (exact) mass is 553 g/mol. The van der Waals surface area contributed by atoms with Gasteiger partial charge in [-0.1, -0.05) is 200 Å². The summed E-state index contributed by atoms with van der Waals surface area (Å²) in [5, 5.41) is 0.848. The van der Waals surface area contributed by atoms with Gasteiger partial charge in [0.15, 0.2) is 5.05 Å². The minimum atomic E-state index is 0.840. The van der Waals surface area contributed by atoms with Crippen LogP contribution in [0.1, 0.15) is 219 Å². The van der Waals surface area contributed by atoms with Gasteiger partial charge in [-0.05, 0) is 25.1 Å².